The molecule has 0 saturated carbocycles. The van der Waals surface area contributed by atoms with Gasteiger partial charge in [-0.25, -0.2) is 0 Å². The fourth-order valence-corrected chi connectivity index (χ4v) is 3.54. The van der Waals surface area contributed by atoms with Crippen LogP contribution in [0, 0.1) is 5.92 Å². The summed E-state index contributed by atoms with van der Waals surface area (Å²) >= 11 is 2.02. The number of thioether (sulfide) groups is 1. The van der Waals surface area contributed by atoms with Gasteiger partial charge in [0, 0.05) is 4.90 Å². The van der Waals surface area contributed by atoms with Crippen LogP contribution in [0.4, 0.5) is 0 Å². The van der Waals surface area contributed by atoms with Crippen molar-refractivity contribution in [3.05, 3.63) is 29.3 Å². The van der Waals surface area contributed by atoms with E-state index in [2.05, 4.69) is 37.4 Å². The van der Waals surface area contributed by atoms with E-state index in [9.17, 15) is 0 Å². The fourth-order valence-electron chi connectivity index (χ4n) is 2.57. The highest BCUT2D eigenvalue weighted by atomic mass is 32.2. The summed E-state index contributed by atoms with van der Waals surface area (Å²) in [5, 5.41) is 3.51. The van der Waals surface area contributed by atoms with Gasteiger partial charge in [-0.2, -0.15) is 0 Å². The Kier molecular flexibility index (Phi) is 6.25. The monoisotopic (exact) mass is 277 g/mol. The molecule has 0 aromatic heterocycles. The van der Waals surface area contributed by atoms with Crippen LogP contribution in [0.5, 0.6) is 0 Å². The number of hydrogen-bond acceptors (Lipinski definition) is 2. The Labute approximate surface area is 122 Å². The minimum absolute atomic E-state index is 0.765. The van der Waals surface area contributed by atoms with Gasteiger partial charge < -0.3 is 5.32 Å². The molecule has 0 heterocycles. The summed E-state index contributed by atoms with van der Waals surface area (Å²) in [5.41, 5.74) is 3.19. The number of unbranched alkanes of at least 4 members (excludes halogenated alkanes) is 1. The van der Waals surface area contributed by atoms with Crippen LogP contribution in [-0.4, -0.2) is 18.8 Å². The standard InChI is InChI=1S/C17H27NS/c1-14(2)13-18-10-3-4-11-19-17-9-8-15-6-5-7-16(15)12-17/h8-9,12,14,18H,3-7,10-11,13H2,1-2H3. The van der Waals surface area contributed by atoms with Crippen LogP contribution in [0.2, 0.25) is 0 Å². The first-order valence-electron chi connectivity index (χ1n) is 7.71. The topological polar surface area (TPSA) is 12.0 Å². The molecule has 1 aromatic carbocycles. The molecule has 1 aliphatic rings. The van der Waals surface area contributed by atoms with Crippen LogP contribution in [0.25, 0.3) is 0 Å². The van der Waals surface area contributed by atoms with E-state index in [1.807, 2.05) is 11.8 Å². The summed E-state index contributed by atoms with van der Waals surface area (Å²) in [4.78, 5) is 1.47. The van der Waals surface area contributed by atoms with Gasteiger partial charge >= 0.3 is 0 Å². The van der Waals surface area contributed by atoms with E-state index >= 15 is 0 Å². The van der Waals surface area contributed by atoms with Crippen molar-refractivity contribution in [1.29, 1.82) is 0 Å². The third-order valence-electron chi connectivity index (χ3n) is 3.64. The SMILES string of the molecule is CC(C)CNCCCCSc1ccc2c(c1)CCC2. The number of fused-ring (bicyclic) bond motifs is 1. The zero-order valence-electron chi connectivity index (χ0n) is 12.4. The predicted octanol–water partition coefficient (Wildman–Crippen LogP) is 4.29. The lowest BCUT2D eigenvalue weighted by atomic mass is 10.1. The molecular weight excluding hydrogens is 250 g/mol. The van der Waals surface area contributed by atoms with Crippen molar-refractivity contribution in [1.82, 2.24) is 5.32 Å². The van der Waals surface area contributed by atoms with Crippen LogP contribution < -0.4 is 5.32 Å². The minimum Gasteiger partial charge on any atom is -0.316 e. The Hall–Kier alpha value is -0.470. The summed E-state index contributed by atoms with van der Waals surface area (Å²) in [6.07, 6.45) is 6.55. The van der Waals surface area contributed by atoms with Gasteiger partial charge in [-0.1, -0.05) is 19.9 Å². The fraction of sp³-hybridized carbons (Fsp3) is 0.647. The van der Waals surface area contributed by atoms with E-state index in [1.54, 1.807) is 11.1 Å². The molecule has 1 N–H and O–H groups in total. The van der Waals surface area contributed by atoms with Crippen molar-refractivity contribution >= 4 is 11.8 Å². The lowest BCUT2D eigenvalue weighted by molar-refractivity contribution is 0.541. The molecular formula is C17H27NS. The van der Waals surface area contributed by atoms with Crippen molar-refractivity contribution in [3.63, 3.8) is 0 Å². The number of benzene rings is 1. The van der Waals surface area contributed by atoms with Crippen LogP contribution in [0.15, 0.2) is 23.1 Å². The highest BCUT2D eigenvalue weighted by Crippen LogP contribution is 2.27. The number of aryl methyl sites for hydroxylation is 2. The first-order valence-corrected chi connectivity index (χ1v) is 8.69. The summed E-state index contributed by atoms with van der Waals surface area (Å²) in [7, 11) is 0. The Morgan fingerprint density at radius 2 is 2.00 bits per heavy atom. The molecule has 0 fully saturated rings. The maximum absolute atomic E-state index is 3.51. The first kappa shape index (κ1) is 14.9. The smallest absolute Gasteiger partial charge is 0.00748 e. The zero-order chi connectivity index (χ0) is 13.5. The van der Waals surface area contributed by atoms with E-state index in [0.29, 0.717) is 0 Å². The molecule has 1 nitrogen and oxygen atoms in total. The average molecular weight is 277 g/mol. The first-order chi connectivity index (χ1) is 9.25. The number of rotatable bonds is 8. The Balaban J connectivity index is 1.58. The molecule has 0 radical (unpaired) electrons. The summed E-state index contributed by atoms with van der Waals surface area (Å²) in [6.45, 7) is 6.84. The Bertz CT molecular complexity index is 387. The molecule has 1 aliphatic carbocycles. The lowest BCUT2D eigenvalue weighted by Gasteiger charge is -2.07. The van der Waals surface area contributed by atoms with E-state index < -0.39 is 0 Å². The third kappa shape index (κ3) is 5.19. The second kappa shape index (κ2) is 7.96. The third-order valence-corrected chi connectivity index (χ3v) is 4.72. The van der Waals surface area contributed by atoms with Crippen LogP contribution in [0.3, 0.4) is 0 Å². The van der Waals surface area contributed by atoms with Crippen molar-refractivity contribution < 1.29 is 0 Å². The molecule has 0 unspecified atom stereocenters. The van der Waals surface area contributed by atoms with Gasteiger partial charge in [-0.15, -0.1) is 11.8 Å². The van der Waals surface area contributed by atoms with Gasteiger partial charge in [-0.05, 0) is 80.1 Å². The van der Waals surface area contributed by atoms with Crippen LogP contribution >= 0.6 is 11.8 Å². The molecule has 0 saturated heterocycles. The molecule has 106 valence electrons. The molecule has 0 aliphatic heterocycles. The Morgan fingerprint density at radius 3 is 2.84 bits per heavy atom. The normalized spacial score (nSPS) is 14.1. The molecule has 1 aromatic rings. The number of nitrogens with one attached hydrogen (secondary N) is 1. The van der Waals surface area contributed by atoms with Gasteiger partial charge in [0.1, 0.15) is 0 Å². The second-order valence-electron chi connectivity index (χ2n) is 5.94. The Morgan fingerprint density at radius 1 is 1.16 bits per heavy atom. The maximum atomic E-state index is 3.51. The molecule has 0 amide bonds. The molecule has 2 heteroatoms. The van der Waals surface area contributed by atoms with E-state index in [4.69, 9.17) is 0 Å². The van der Waals surface area contributed by atoms with E-state index in [-0.39, 0.29) is 0 Å². The van der Waals surface area contributed by atoms with E-state index in [1.165, 1.54) is 49.3 Å². The molecule has 2 rings (SSSR count). The molecule has 19 heavy (non-hydrogen) atoms. The quantitative estimate of drug-likeness (QED) is 0.562. The van der Waals surface area contributed by atoms with Crippen molar-refractivity contribution in [2.24, 2.45) is 5.92 Å². The van der Waals surface area contributed by atoms with Crippen molar-refractivity contribution in [2.75, 3.05) is 18.8 Å². The highest BCUT2D eigenvalue weighted by Gasteiger charge is 2.10. The summed E-state index contributed by atoms with van der Waals surface area (Å²) in [6, 6.07) is 7.07. The van der Waals surface area contributed by atoms with Gasteiger partial charge in [0.2, 0.25) is 0 Å². The van der Waals surface area contributed by atoms with Crippen molar-refractivity contribution in [3.8, 4) is 0 Å². The zero-order valence-corrected chi connectivity index (χ0v) is 13.2. The largest absolute Gasteiger partial charge is 0.316 e. The molecule has 0 atom stereocenters. The highest BCUT2D eigenvalue weighted by molar-refractivity contribution is 7.99. The van der Waals surface area contributed by atoms with Gasteiger partial charge in [0.15, 0.2) is 0 Å². The molecule has 0 bridgehead atoms. The lowest BCUT2D eigenvalue weighted by Crippen LogP contribution is -2.20. The van der Waals surface area contributed by atoms with Crippen LogP contribution in [0.1, 0.15) is 44.2 Å². The number of hydrogen-bond donors (Lipinski definition) is 1. The van der Waals surface area contributed by atoms with Gasteiger partial charge in [0.05, 0.1) is 0 Å². The maximum Gasteiger partial charge on any atom is 0.00748 e. The van der Waals surface area contributed by atoms with E-state index in [0.717, 1.165) is 12.5 Å². The predicted molar refractivity (Wildman–Crippen MR) is 86.1 cm³/mol. The molecule has 0 spiro atoms. The summed E-state index contributed by atoms with van der Waals surface area (Å²) < 4.78 is 0. The second-order valence-corrected chi connectivity index (χ2v) is 7.11. The van der Waals surface area contributed by atoms with Crippen LogP contribution in [-0.2, 0) is 12.8 Å². The average Bonchev–Trinajstić information content (AvgIpc) is 2.84. The van der Waals surface area contributed by atoms with Gasteiger partial charge in [0.25, 0.3) is 0 Å². The summed E-state index contributed by atoms with van der Waals surface area (Å²) in [5.74, 6) is 2.02. The van der Waals surface area contributed by atoms with Gasteiger partial charge in [-0.3, -0.25) is 0 Å². The van der Waals surface area contributed by atoms with Crippen molar-refractivity contribution in [2.45, 2.75) is 50.8 Å². The minimum atomic E-state index is 0.765.